The van der Waals surface area contributed by atoms with Crippen LogP contribution in [-0.4, -0.2) is 23.4 Å². The van der Waals surface area contributed by atoms with E-state index in [0.29, 0.717) is 12.0 Å². The third kappa shape index (κ3) is 2.11. The van der Waals surface area contributed by atoms with E-state index in [2.05, 4.69) is 20.4 Å². The fraction of sp³-hybridized carbons (Fsp3) is 0.727. The molecule has 1 aliphatic rings. The van der Waals surface area contributed by atoms with Crippen molar-refractivity contribution >= 4 is 5.91 Å². The van der Waals surface area contributed by atoms with E-state index in [1.165, 1.54) is 18.9 Å². The Morgan fingerprint density at radius 1 is 1.69 bits per heavy atom. The molecule has 0 aromatic carbocycles. The number of nitrogens with zero attached hydrogens (tertiary/aromatic N) is 1. The lowest BCUT2D eigenvalue weighted by atomic mass is 9.88. The number of hydrogen-bond acceptors (Lipinski definition) is 1. The van der Waals surface area contributed by atoms with Crippen LogP contribution in [0.3, 0.4) is 0 Å². The topological polar surface area (TPSA) is 20.3 Å². The number of hydrogen-bond donors (Lipinski definition) is 0. The molecule has 74 valence electrons. The van der Waals surface area contributed by atoms with Crippen LogP contribution in [0.25, 0.3) is 0 Å². The van der Waals surface area contributed by atoms with Gasteiger partial charge < -0.3 is 4.90 Å². The molecule has 1 amide bonds. The Labute approximate surface area is 80.6 Å². The van der Waals surface area contributed by atoms with Crippen LogP contribution < -0.4 is 0 Å². The summed E-state index contributed by atoms with van der Waals surface area (Å²) in [6.07, 6.45) is 5.00. The van der Waals surface area contributed by atoms with Crippen LogP contribution in [0.1, 0.15) is 33.1 Å². The molecule has 1 aliphatic heterocycles. The minimum atomic E-state index is 0.0886. The Balaban J connectivity index is 2.64. The molecule has 0 spiro atoms. The average molecular weight is 181 g/mol. The highest BCUT2D eigenvalue weighted by molar-refractivity contribution is 5.87. The lowest BCUT2D eigenvalue weighted by Crippen LogP contribution is -2.45. The second-order valence-electron chi connectivity index (χ2n) is 3.79. The minimum absolute atomic E-state index is 0.0886. The zero-order chi connectivity index (χ0) is 9.84. The summed E-state index contributed by atoms with van der Waals surface area (Å²) in [6, 6.07) is 0.393. The molecule has 0 N–H and O–H groups in total. The van der Waals surface area contributed by atoms with E-state index in [9.17, 15) is 4.79 Å². The van der Waals surface area contributed by atoms with Crippen LogP contribution in [0, 0.1) is 5.92 Å². The first kappa shape index (κ1) is 10.3. The van der Waals surface area contributed by atoms with E-state index in [1.54, 1.807) is 0 Å². The first-order chi connectivity index (χ1) is 6.20. The maximum atomic E-state index is 11.4. The predicted molar refractivity (Wildman–Crippen MR) is 54.4 cm³/mol. The lowest BCUT2D eigenvalue weighted by Gasteiger charge is -2.38. The molecule has 0 aromatic rings. The molecule has 1 fully saturated rings. The zero-order valence-electron chi connectivity index (χ0n) is 8.62. The molecule has 13 heavy (non-hydrogen) atoms. The first-order valence-corrected chi connectivity index (χ1v) is 5.13. The van der Waals surface area contributed by atoms with Crippen molar-refractivity contribution in [1.29, 1.82) is 0 Å². The van der Waals surface area contributed by atoms with Crippen molar-refractivity contribution in [1.82, 2.24) is 4.90 Å². The van der Waals surface area contributed by atoms with E-state index in [4.69, 9.17) is 0 Å². The van der Waals surface area contributed by atoms with E-state index in [1.807, 2.05) is 4.90 Å². The van der Waals surface area contributed by atoms with Crippen molar-refractivity contribution in [3.63, 3.8) is 0 Å². The van der Waals surface area contributed by atoms with Crippen LogP contribution in [-0.2, 0) is 4.79 Å². The van der Waals surface area contributed by atoms with Gasteiger partial charge in [-0.05, 0) is 31.8 Å². The summed E-state index contributed by atoms with van der Waals surface area (Å²) in [4.78, 5) is 13.4. The van der Waals surface area contributed by atoms with Gasteiger partial charge in [0.05, 0.1) is 0 Å². The second-order valence-corrected chi connectivity index (χ2v) is 3.79. The van der Waals surface area contributed by atoms with Crippen molar-refractivity contribution in [2.24, 2.45) is 5.92 Å². The van der Waals surface area contributed by atoms with Gasteiger partial charge in [0.15, 0.2) is 0 Å². The fourth-order valence-electron chi connectivity index (χ4n) is 2.20. The highest BCUT2D eigenvalue weighted by Gasteiger charge is 2.28. The SMILES string of the molecule is C=CC(=O)N1CCCC(CC)C1C. The maximum absolute atomic E-state index is 11.4. The molecular weight excluding hydrogens is 162 g/mol. The maximum Gasteiger partial charge on any atom is 0.246 e. The zero-order valence-corrected chi connectivity index (χ0v) is 8.62. The number of likely N-dealkylation sites (tertiary alicyclic amines) is 1. The van der Waals surface area contributed by atoms with E-state index < -0.39 is 0 Å². The summed E-state index contributed by atoms with van der Waals surface area (Å²) in [5.41, 5.74) is 0. The fourth-order valence-corrected chi connectivity index (χ4v) is 2.20. The average Bonchev–Trinajstić information content (AvgIpc) is 2.17. The van der Waals surface area contributed by atoms with Crippen molar-refractivity contribution in [3.05, 3.63) is 12.7 Å². The van der Waals surface area contributed by atoms with Gasteiger partial charge in [0.1, 0.15) is 0 Å². The van der Waals surface area contributed by atoms with Gasteiger partial charge in [-0.3, -0.25) is 4.79 Å². The van der Waals surface area contributed by atoms with Gasteiger partial charge in [-0.2, -0.15) is 0 Å². The summed E-state index contributed by atoms with van der Waals surface area (Å²) in [6.45, 7) is 8.78. The highest BCUT2D eigenvalue weighted by atomic mass is 16.2. The third-order valence-corrected chi connectivity index (χ3v) is 3.13. The standard InChI is InChI=1S/C11H19NO/c1-4-10-7-6-8-12(9(10)3)11(13)5-2/h5,9-10H,2,4,6-8H2,1,3H3. The first-order valence-electron chi connectivity index (χ1n) is 5.13. The molecule has 0 saturated carbocycles. The van der Waals surface area contributed by atoms with Crippen LogP contribution in [0.2, 0.25) is 0 Å². The second kappa shape index (κ2) is 4.45. The number of carbonyl (C=O) groups excluding carboxylic acids is 1. The molecule has 2 heteroatoms. The van der Waals surface area contributed by atoms with Gasteiger partial charge in [0.25, 0.3) is 0 Å². The quantitative estimate of drug-likeness (QED) is 0.598. The van der Waals surface area contributed by atoms with Gasteiger partial charge >= 0.3 is 0 Å². The number of rotatable bonds is 2. The molecule has 0 aliphatic carbocycles. The minimum Gasteiger partial charge on any atom is -0.336 e. The summed E-state index contributed by atoms with van der Waals surface area (Å²) in [5.74, 6) is 0.767. The molecule has 2 nitrogen and oxygen atoms in total. The highest BCUT2D eigenvalue weighted by Crippen LogP contribution is 2.25. The normalized spacial score (nSPS) is 28.6. The molecule has 0 radical (unpaired) electrons. The van der Waals surface area contributed by atoms with Gasteiger partial charge in [-0.1, -0.05) is 19.9 Å². The molecule has 0 aromatic heterocycles. The monoisotopic (exact) mass is 181 g/mol. The summed E-state index contributed by atoms with van der Waals surface area (Å²) in [5, 5.41) is 0. The Morgan fingerprint density at radius 2 is 2.38 bits per heavy atom. The molecule has 0 bridgehead atoms. The van der Waals surface area contributed by atoms with Gasteiger partial charge in [0, 0.05) is 12.6 Å². The largest absolute Gasteiger partial charge is 0.336 e. The number of piperidine rings is 1. The summed E-state index contributed by atoms with van der Waals surface area (Å²) >= 11 is 0. The lowest BCUT2D eigenvalue weighted by molar-refractivity contribution is -0.130. The Hall–Kier alpha value is -0.790. The van der Waals surface area contributed by atoms with Crippen LogP contribution >= 0.6 is 0 Å². The molecule has 1 rings (SSSR count). The summed E-state index contributed by atoms with van der Waals surface area (Å²) in [7, 11) is 0. The van der Waals surface area contributed by atoms with E-state index in [0.717, 1.165) is 13.0 Å². The van der Waals surface area contributed by atoms with Crippen LogP contribution in [0.15, 0.2) is 12.7 Å². The molecule has 1 heterocycles. The Morgan fingerprint density at radius 3 is 2.92 bits per heavy atom. The number of carbonyl (C=O) groups is 1. The van der Waals surface area contributed by atoms with Crippen molar-refractivity contribution < 1.29 is 4.79 Å². The van der Waals surface area contributed by atoms with E-state index >= 15 is 0 Å². The van der Waals surface area contributed by atoms with Crippen LogP contribution in [0.5, 0.6) is 0 Å². The predicted octanol–water partition coefficient (Wildman–Crippen LogP) is 2.21. The van der Waals surface area contributed by atoms with Crippen molar-refractivity contribution in [2.75, 3.05) is 6.54 Å². The molecule has 2 unspecified atom stereocenters. The number of amides is 1. The molecule has 2 atom stereocenters. The van der Waals surface area contributed by atoms with Crippen molar-refractivity contribution in [2.45, 2.75) is 39.2 Å². The van der Waals surface area contributed by atoms with Gasteiger partial charge in [-0.25, -0.2) is 0 Å². The van der Waals surface area contributed by atoms with Crippen LogP contribution in [0.4, 0.5) is 0 Å². The van der Waals surface area contributed by atoms with Gasteiger partial charge in [0.2, 0.25) is 5.91 Å². The molecule has 1 saturated heterocycles. The van der Waals surface area contributed by atoms with Gasteiger partial charge in [-0.15, -0.1) is 0 Å². The van der Waals surface area contributed by atoms with Crippen molar-refractivity contribution in [3.8, 4) is 0 Å². The van der Waals surface area contributed by atoms with E-state index in [-0.39, 0.29) is 5.91 Å². The Bertz CT molecular complexity index is 200. The smallest absolute Gasteiger partial charge is 0.246 e. The third-order valence-electron chi connectivity index (χ3n) is 3.13. The molecular formula is C11H19NO. The summed E-state index contributed by atoms with van der Waals surface area (Å²) < 4.78 is 0. The Kier molecular flexibility index (Phi) is 3.52.